The molecule has 2 aromatic rings. The zero-order valence-corrected chi connectivity index (χ0v) is 27.6. The number of nitrogens with zero attached hydrogens (tertiary/aromatic N) is 1. The molecule has 0 fully saturated rings. The van der Waals surface area contributed by atoms with Gasteiger partial charge in [-0.05, 0) is 43.4 Å². The summed E-state index contributed by atoms with van der Waals surface area (Å²) >= 11 is 0. The lowest BCUT2D eigenvalue weighted by Gasteiger charge is -2.33. The molecule has 0 spiro atoms. The maximum atomic E-state index is 13.9. The highest BCUT2D eigenvalue weighted by atomic mass is 32.2. The number of aromatic nitrogens is 1. The molecular weight excluding hydrogens is 596 g/mol. The molecule has 0 bridgehead atoms. The Balaban J connectivity index is 2.45. The molecule has 1 heterocycles. The molecule has 0 radical (unpaired) electrons. The summed E-state index contributed by atoms with van der Waals surface area (Å²) in [6.07, 6.45) is 3.91. The number of unbranched alkanes of at least 4 members (excludes halogenated alkanes) is 1. The third kappa shape index (κ3) is 12.5. The predicted octanol–water partition coefficient (Wildman–Crippen LogP) is 2.71. The molecule has 0 saturated carbocycles. The van der Waals surface area contributed by atoms with Crippen molar-refractivity contribution in [1.29, 1.82) is 0 Å². The van der Waals surface area contributed by atoms with E-state index in [9.17, 15) is 33.0 Å². The Bertz CT molecular complexity index is 1290. The average molecular weight is 647 g/mol. The van der Waals surface area contributed by atoms with Gasteiger partial charge >= 0.3 is 0 Å². The van der Waals surface area contributed by atoms with Crippen LogP contribution in [-0.4, -0.2) is 82.7 Å². The molecule has 5 atom stereocenters. The average Bonchev–Trinajstić information content (AvgIpc) is 3.02. The van der Waals surface area contributed by atoms with Gasteiger partial charge in [-0.2, -0.15) is 0 Å². The van der Waals surface area contributed by atoms with Crippen LogP contribution >= 0.6 is 0 Å². The highest BCUT2D eigenvalue weighted by molar-refractivity contribution is 7.92. The van der Waals surface area contributed by atoms with Gasteiger partial charge in [0, 0.05) is 19.3 Å². The third-order valence-electron chi connectivity index (χ3n) is 7.73. The summed E-state index contributed by atoms with van der Waals surface area (Å²) in [5, 5.41) is 30.0. The van der Waals surface area contributed by atoms with Crippen molar-refractivity contribution in [2.45, 2.75) is 115 Å². The first kappa shape index (κ1) is 37.8. The van der Waals surface area contributed by atoms with Crippen molar-refractivity contribution < 1.29 is 33.0 Å². The van der Waals surface area contributed by atoms with Crippen molar-refractivity contribution in [2.24, 2.45) is 0 Å². The maximum absolute atomic E-state index is 13.9. The molecule has 45 heavy (non-hydrogen) atoms. The standard InChI is InChI=1S/C33H50N4O7S/c1-5-8-18-27(35-23(4)38)30(39)31(40)28(20-24-15-10-9-11-16-24)36-33(42)29(37-32(41)25-17-12-19-34-21-25)22-45(43,44)26(13-6-2)14-7-3/h9-12,15-17,19,21,26-31,39-40H,5-8,13-14,18,20,22H2,1-4H3,(H,35,38)(H,36,42)(H,37,41)/t27-,28+,29-,30-,31-/m1/s1. The fourth-order valence-corrected chi connectivity index (χ4v) is 7.50. The second kappa shape index (κ2) is 19.2. The van der Waals surface area contributed by atoms with E-state index < -0.39 is 63.0 Å². The molecule has 0 unspecified atom stereocenters. The lowest BCUT2D eigenvalue weighted by molar-refractivity contribution is -0.126. The van der Waals surface area contributed by atoms with Crippen LogP contribution in [0.3, 0.4) is 0 Å². The quantitative estimate of drug-likeness (QED) is 0.146. The Labute approximate surface area is 267 Å². The molecule has 1 aromatic carbocycles. The lowest BCUT2D eigenvalue weighted by Crippen LogP contribution is -2.60. The van der Waals surface area contributed by atoms with Crippen LogP contribution in [0.15, 0.2) is 54.9 Å². The smallest absolute Gasteiger partial charge is 0.253 e. The van der Waals surface area contributed by atoms with Gasteiger partial charge in [-0.3, -0.25) is 19.4 Å². The largest absolute Gasteiger partial charge is 0.388 e. The highest BCUT2D eigenvalue weighted by Crippen LogP contribution is 2.19. The van der Waals surface area contributed by atoms with E-state index in [0.717, 1.165) is 12.0 Å². The minimum Gasteiger partial charge on any atom is -0.388 e. The van der Waals surface area contributed by atoms with E-state index in [-0.39, 0.29) is 17.9 Å². The van der Waals surface area contributed by atoms with Crippen molar-refractivity contribution in [3.63, 3.8) is 0 Å². The summed E-state index contributed by atoms with van der Waals surface area (Å²) in [6, 6.07) is 8.70. The Morgan fingerprint density at radius 1 is 0.822 bits per heavy atom. The monoisotopic (exact) mass is 646 g/mol. The predicted molar refractivity (Wildman–Crippen MR) is 174 cm³/mol. The van der Waals surface area contributed by atoms with Crippen LogP contribution in [0.2, 0.25) is 0 Å². The normalized spacial score (nSPS) is 15.0. The van der Waals surface area contributed by atoms with Gasteiger partial charge in [-0.25, -0.2) is 8.42 Å². The Morgan fingerprint density at radius 3 is 2.02 bits per heavy atom. The summed E-state index contributed by atoms with van der Waals surface area (Å²) in [5.74, 6) is -2.51. The van der Waals surface area contributed by atoms with Gasteiger partial charge in [-0.1, -0.05) is 76.8 Å². The summed E-state index contributed by atoms with van der Waals surface area (Å²) in [6.45, 7) is 7.07. The maximum Gasteiger partial charge on any atom is 0.253 e. The number of hydrogen-bond donors (Lipinski definition) is 5. The Morgan fingerprint density at radius 2 is 1.47 bits per heavy atom. The molecule has 1 aromatic heterocycles. The van der Waals surface area contributed by atoms with E-state index in [0.29, 0.717) is 38.5 Å². The first-order valence-corrected chi connectivity index (χ1v) is 17.5. The first-order valence-electron chi connectivity index (χ1n) is 15.8. The molecule has 5 N–H and O–H groups in total. The fraction of sp³-hybridized carbons (Fsp3) is 0.576. The van der Waals surface area contributed by atoms with Crippen LogP contribution in [0.25, 0.3) is 0 Å². The Kier molecular flexibility index (Phi) is 16.2. The van der Waals surface area contributed by atoms with Gasteiger partial charge in [0.05, 0.1) is 28.6 Å². The van der Waals surface area contributed by atoms with Gasteiger partial charge < -0.3 is 26.2 Å². The van der Waals surface area contributed by atoms with Crippen LogP contribution in [-0.2, 0) is 25.8 Å². The SMILES string of the molecule is CCCC[C@@H](NC(C)=O)[C@@H](O)[C@H](O)[C@H](Cc1ccccc1)NC(=O)[C@@H](CS(=O)(=O)C(CCC)CCC)NC(=O)c1cccnc1. The number of rotatable bonds is 20. The number of amides is 3. The van der Waals surface area contributed by atoms with Crippen molar-refractivity contribution >= 4 is 27.6 Å². The molecule has 12 heteroatoms. The number of hydrogen-bond acceptors (Lipinski definition) is 8. The zero-order chi connectivity index (χ0) is 33.4. The molecule has 11 nitrogen and oxygen atoms in total. The Hall–Kier alpha value is -3.35. The number of sulfone groups is 1. The molecule has 2 rings (SSSR count). The van der Waals surface area contributed by atoms with Crippen LogP contribution < -0.4 is 16.0 Å². The van der Waals surface area contributed by atoms with Gasteiger partial charge in [0.2, 0.25) is 11.8 Å². The van der Waals surface area contributed by atoms with Gasteiger partial charge in [0.25, 0.3) is 5.91 Å². The van der Waals surface area contributed by atoms with Gasteiger partial charge in [0.1, 0.15) is 18.2 Å². The van der Waals surface area contributed by atoms with Crippen molar-refractivity contribution in [3.05, 3.63) is 66.0 Å². The number of aliphatic hydroxyl groups is 2. The molecule has 3 amide bonds. The van der Waals surface area contributed by atoms with Crippen molar-refractivity contribution in [3.8, 4) is 0 Å². The molecule has 0 aliphatic heterocycles. The van der Waals surface area contributed by atoms with Crippen LogP contribution in [0, 0.1) is 0 Å². The number of carbonyl (C=O) groups excluding carboxylic acids is 3. The van der Waals surface area contributed by atoms with Crippen LogP contribution in [0.4, 0.5) is 0 Å². The number of aliphatic hydroxyl groups excluding tert-OH is 2. The fourth-order valence-electron chi connectivity index (χ4n) is 5.34. The van der Waals surface area contributed by atoms with E-state index in [2.05, 4.69) is 20.9 Å². The second-order valence-electron chi connectivity index (χ2n) is 11.5. The molecule has 0 aliphatic carbocycles. The third-order valence-corrected chi connectivity index (χ3v) is 10.0. The van der Waals surface area contributed by atoms with Crippen molar-refractivity contribution in [1.82, 2.24) is 20.9 Å². The van der Waals surface area contributed by atoms with Gasteiger partial charge in [-0.15, -0.1) is 0 Å². The lowest BCUT2D eigenvalue weighted by atomic mass is 9.91. The zero-order valence-electron chi connectivity index (χ0n) is 26.8. The molecule has 250 valence electrons. The summed E-state index contributed by atoms with van der Waals surface area (Å²) in [7, 11) is -3.84. The van der Waals surface area contributed by atoms with E-state index >= 15 is 0 Å². The molecule has 0 saturated heterocycles. The minimum atomic E-state index is -3.84. The number of benzene rings is 1. The summed E-state index contributed by atoms with van der Waals surface area (Å²) in [5.41, 5.74) is 0.893. The molecular formula is C33H50N4O7S. The van der Waals surface area contributed by atoms with E-state index in [1.807, 2.05) is 26.8 Å². The number of nitrogens with one attached hydrogen (secondary N) is 3. The van der Waals surface area contributed by atoms with E-state index in [1.165, 1.54) is 25.4 Å². The highest BCUT2D eigenvalue weighted by Gasteiger charge is 2.37. The summed E-state index contributed by atoms with van der Waals surface area (Å²) < 4.78 is 27.2. The van der Waals surface area contributed by atoms with Gasteiger partial charge in [0.15, 0.2) is 9.84 Å². The van der Waals surface area contributed by atoms with E-state index in [1.54, 1.807) is 30.3 Å². The molecule has 0 aliphatic rings. The minimum absolute atomic E-state index is 0.0929. The van der Waals surface area contributed by atoms with Crippen molar-refractivity contribution in [2.75, 3.05) is 5.75 Å². The van der Waals surface area contributed by atoms with Crippen LogP contribution in [0.5, 0.6) is 0 Å². The second-order valence-corrected chi connectivity index (χ2v) is 13.9. The van der Waals surface area contributed by atoms with E-state index in [4.69, 9.17) is 0 Å². The van der Waals surface area contributed by atoms with Crippen LogP contribution in [0.1, 0.15) is 88.6 Å². The first-order chi connectivity index (χ1) is 21.4. The number of carbonyl (C=O) groups is 3. The number of pyridine rings is 1. The summed E-state index contributed by atoms with van der Waals surface area (Å²) in [4.78, 5) is 42.9. The topological polar surface area (TPSA) is 175 Å².